The van der Waals surface area contributed by atoms with Crippen LogP contribution in [0.4, 0.5) is 8.78 Å². The van der Waals surface area contributed by atoms with Gasteiger partial charge in [-0.05, 0) is 41.7 Å². The predicted octanol–water partition coefficient (Wildman–Crippen LogP) is 3.85. The molecule has 0 spiro atoms. The van der Waals surface area contributed by atoms with Gasteiger partial charge in [0, 0.05) is 43.2 Å². The second-order valence-corrected chi connectivity index (χ2v) is 10.4. The summed E-state index contributed by atoms with van der Waals surface area (Å²) in [5.41, 5.74) is 7.68. The lowest BCUT2D eigenvalue weighted by Crippen LogP contribution is -2.47. The van der Waals surface area contributed by atoms with E-state index in [1.165, 1.54) is 11.9 Å². The number of aliphatic hydroxyl groups is 1. The lowest BCUT2D eigenvalue weighted by atomic mass is 9.82. The monoisotopic (exact) mass is 526 g/mol. The summed E-state index contributed by atoms with van der Waals surface area (Å²) in [5.74, 6) is -2.02. The average molecular weight is 527 g/mol. The summed E-state index contributed by atoms with van der Waals surface area (Å²) in [6.07, 6.45) is 1.92. The molecule has 0 bridgehead atoms. The van der Waals surface area contributed by atoms with Gasteiger partial charge >= 0.3 is 0 Å². The van der Waals surface area contributed by atoms with E-state index in [4.69, 9.17) is 5.73 Å². The van der Waals surface area contributed by atoms with Gasteiger partial charge in [0.05, 0.1) is 12.1 Å². The molecule has 204 valence electrons. The van der Waals surface area contributed by atoms with E-state index in [2.05, 4.69) is 5.32 Å². The Morgan fingerprint density at radius 2 is 1.79 bits per heavy atom. The molecule has 38 heavy (non-hydrogen) atoms. The first-order valence-electron chi connectivity index (χ1n) is 12.5. The van der Waals surface area contributed by atoms with Crippen LogP contribution in [0.5, 0.6) is 0 Å². The van der Waals surface area contributed by atoms with E-state index >= 15 is 0 Å². The minimum atomic E-state index is -0.845. The van der Waals surface area contributed by atoms with Crippen molar-refractivity contribution in [3.63, 3.8) is 0 Å². The summed E-state index contributed by atoms with van der Waals surface area (Å²) < 4.78 is 30.8. The molecule has 4 N–H and O–H groups in total. The van der Waals surface area contributed by atoms with Crippen molar-refractivity contribution in [2.24, 2.45) is 11.1 Å². The number of rotatable bonds is 10. The Morgan fingerprint density at radius 1 is 1.11 bits per heavy atom. The molecule has 0 saturated heterocycles. The Bertz CT molecular complexity index is 1250. The summed E-state index contributed by atoms with van der Waals surface area (Å²) in [6, 6.07) is 13.3. The highest BCUT2D eigenvalue weighted by Crippen LogP contribution is 2.41. The number of nitrogens with one attached hydrogen (secondary N) is 1. The Labute approximate surface area is 222 Å². The number of carbonyl (C=O) groups is 2. The lowest BCUT2D eigenvalue weighted by Gasteiger charge is -2.41. The van der Waals surface area contributed by atoms with Gasteiger partial charge in [0.2, 0.25) is 11.8 Å². The molecule has 2 unspecified atom stereocenters. The van der Waals surface area contributed by atoms with Crippen LogP contribution in [-0.4, -0.2) is 52.6 Å². The zero-order valence-electron chi connectivity index (χ0n) is 22.2. The summed E-state index contributed by atoms with van der Waals surface area (Å²) in [7, 11) is 1.49. The summed E-state index contributed by atoms with van der Waals surface area (Å²) in [4.78, 5) is 26.6. The Morgan fingerprint density at radius 3 is 2.39 bits per heavy atom. The maximum atomic E-state index is 14.8. The molecule has 0 saturated carbocycles. The maximum absolute atomic E-state index is 14.8. The number of hydrogen-bond donors (Lipinski definition) is 3. The van der Waals surface area contributed by atoms with Crippen LogP contribution in [0.3, 0.4) is 0 Å². The van der Waals surface area contributed by atoms with Crippen molar-refractivity contribution in [3.05, 3.63) is 83.7 Å². The van der Waals surface area contributed by atoms with Crippen LogP contribution >= 0.6 is 0 Å². The maximum Gasteiger partial charge on any atom is 0.248 e. The normalized spacial score (nSPS) is 13.2. The van der Waals surface area contributed by atoms with Crippen molar-refractivity contribution in [3.8, 4) is 11.1 Å². The molecule has 1 aromatic heterocycles. The Hall–Kier alpha value is -3.56. The largest absolute Gasteiger partial charge is 0.387 e. The zero-order valence-corrected chi connectivity index (χ0v) is 22.2. The molecule has 7 nitrogen and oxygen atoms in total. The number of amides is 2. The van der Waals surface area contributed by atoms with Gasteiger partial charge in [0.25, 0.3) is 0 Å². The molecule has 9 heteroatoms. The minimum Gasteiger partial charge on any atom is -0.387 e. The fourth-order valence-electron chi connectivity index (χ4n) is 4.70. The van der Waals surface area contributed by atoms with Gasteiger partial charge < -0.3 is 25.6 Å². The summed E-state index contributed by atoms with van der Waals surface area (Å²) in [5, 5.41) is 12.3. The van der Waals surface area contributed by atoms with E-state index < -0.39 is 41.6 Å². The quantitative estimate of drug-likeness (QED) is 0.374. The highest BCUT2D eigenvalue weighted by Gasteiger charge is 2.37. The van der Waals surface area contributed by atoms with Crippen molar-refractivity contribution in [1.29, 1.82) is 0 Å². The second kappa shape index (κ2) is 12.3. The third-order valence-corrected chi connectivity index (χ3v) is 6.50. The third-order valence-electron chi connectivity index (χ3n) is 6.50. The molecule has 0 aliphatic carbocycles. The molecule has 3 aromatic rings. The second-order valence-electron chi connectivity index (χ2n) is 10.4. The van der Waals surface area contributed by atoms with Crippen molar-refractivity contribution in [1.82, 2.24) is 14.8 Å². The fraction of sp³-hybridized carbons (Fsp3) is 0.379. The van der Waals surface area contributed by atoms with Crippen LogP contribution in [0.25, 0.3) is 11.1 Å². The highest BCUT2D eigenvalue weighted by molar-refractivity contribution is 5.81. The smallest absolute Gasteiger partial charge is 0.248 e. The summed E-state index contributed by atoms with van der Waals surface area (Å²) >= 11 is 0. The van der Waals surface area contributed by atoms with Gasteiger partial charge in [-0.25, -0.2) is 8.78 Å². The zero-order chi connectivity index (χ0) is 28.0. The van der Waals surface area contributed by atoms with E-state index in [9.17, 15) is 23.5 Å². The van der Waals surface area contributed by atoms with Gasteiger partial charge in [-0.3, -0.25) is 9.59 Å². The minimum absolute atomic E-state index is 0.104. The molecule has 0 aliphatic rings. The number of benzene rings is 2. The number of carbonyl (C=O) groups excluding carboxylic acids is 2. The number of aromatic nitrogens is 1. The molecule has 0 radical (unpaired) electrons. The molecule has 3 rings (SSSR count). The van der Waals surface area contributed by atoms with Crippen molar-refractivity contribution in [2.75, 3.05) is 20.2 Å². The molecule has 0 aliphatic heterocycles. The average Bonchev–Trinajstić information content (AvgIpc) is 3.28. The Balaban J connectivity index is 2.16. The lowest BCUT2D eigenvalue weighted by molar-refractivity contribution is -0.140. The van der Waals surface area contributed by atoms with E-state index in [0.717, 1.165) is 23.8 Å². The van der Waals surface area contributed by atoms with Gasteiger partial charge in [-0.15, -0.1) is 0 Å². The van der Waals surface area contributed by atoms with Gasteiger partial charge in [-0.2, -0.15) is 0 Å². The predicted molar refractivity (Wildman–Crippen MR) is 143 cm³/mol. The van der Waals surface area contributed by atoms with Crippen LogP contribution in [-0.2, 0) is 16.1 Å². The van der Waals surface area contributed by atoms with E-state index in [-0.39, 0.29) is 24.4 Å². The first-order chi connectivity index (χ1) is 18.0. The van der Waals surface area contributed by atoms with Crippen LogP contribution < -0.4 is 11.1 Å². The first-order valence-corrected chi connectivity index (χ1v) is 12.5. The standard InChI is InChI=1S/C29H36F2N4O3/c1-29(2,3)27(35(26(37)18-36)13-12-24(32)28(38)33-4)25-14-20(22-15-21(30)10-11-23(22)31)17-34(25)16-19-8-6-5-7-9-19/h5-11,14-15,17,24,27,36H,12-13,16,18,32H2,1-4H3,(H,33,38). The number of aliphatic hydroxyl groups excluding tert-OH is 1. The van der Waals surface area contributed by atoms with Crippen molar-refractivity contribution < 1.29 is 23.5 Å². The van der Waals surface area contributed by atoms with Crippen molar-refractivity contribution in [2.45, 2.75) is 45.8 Å². The van der Waals surface area contributed by atoms with E-state index in [1.54, 1.807) is 12.3 Å². The molecule has 0 fully saturated rings. The van der Waals surface area contributed by atoms with Crippen LogP contribution in [0, 0.1) is 17.0 Å². The Kier molecular flexibility index (Phi) is 9.40. The number of likely N-dealkylation sites (N-methyl/N-ethyl adjacent to an activating group) is 1. The molecular formula is C29H36F2N4O3. The summed E-state index contributed by atoms with van der Waals surface area (Å²) in [6.45, 7) is 5.66. The first kappa shape index (κ1) is 29.0. The topological polar surface area (TPSA) is 101 Å². The molecule has 1 heterocycles. The fourth-order valence-corrected chi connectivity index (χ4v) is 4.70. The number of halogens is 2. The van der Waals surface area contributed by atoms with Gasteiger partial charge in [-0.1, -0.05) is 51.1 Å². The SMILES string of the molecule is CNC(=O)C(N)CCN(C(=O)CO)C(c1cc(-c2cc(F)ccc2F)cn1Cc1ccccc1)C(C)(C)C. The molecule has 2 amide bonds. The van der Waals surface area contributed by atoms with Gasteiger partial charge in [0.15, 0.2) is 0 Å². The van der Waals surface area contributed by atoms with E-state index in [1.807, 2.05) is 55.7 Å². The molecule has 2 aromatic carbocycles. The van der Waals surface area contributed by atoms with Crippen LogP contribution in [0.2, 0.25) is 0 Å². The molecule has 2 atom stereocenters. The molecular weight excluding hydrogens is 490 g/mol. The van der Waals surface area contributed by atoms with Gasteiger partial charge in [0.1, 0.15) is 18.2 Å². The number of hydrogen-bond acceptors (Lipinski definition) is 4. The number of nitrogens with two attached hydrogens (primary N) is 1. The third kappa shape index (κ3) is 6.85. The van der Waals surface area contributed by atoms with Crippen LogP contribution in [0.1, 0.15) is 44.5 Å². The van der Waals surface area contributed by atoms with Crippen LogP contribution in [0.15, 0.2) is 60.8 Å². The number of nitrogens with zero attached hydrogens (tertiary/aromatic N) is 2. The van der Waals surface area contributed by atoms with E-state index in [0.29, 0.717) is 17.8 Å². The van der Waals surface area contributed by atoms with Crippen molar-refractivity contribution >= 4 is 11.8 Å². The highest BCUT2D eigenvalue weighted by atomic mass is 19.1.